The molecule has 4 rings (SSSR count). The standard InChI is InChI=1S/C22H22N4O/c1-4-15-9-6-7-10-17(15)16-13-18-20(24-14-16)26(5-2)21-19(11-8-12-23-21)25(3)22(18)27/h6-14H,4-5H2,1-3H3. The zero-order chi connectivity index (χ0) is 19.0. The predicted molar refractivity (Wildman–Crippen MR) is 109 cm³/mol. The van der Waals surface area contributed by atoms with Gasteiger partial charge in [0.1, 0.15) is 5.82 Å². The number of rotatable bonds is 3. The molecule has 2 aromatic heterocycles. The number of hydrogen-bond donors (Lipinski definition) is 0. The van der Waals surface area contributed by atoms with Gasteiger partial charge in [0.05, 0.1) is 11.3 Å². The van der Waals surface area contributed by atoms with Crippen LogP contribution in [-0.2, 0) is 6.42 Å². The lowest BCUT2D eigenvalue weighted by Gasteiger charge is -2.22. The van der Waals surface area contributed by atoms with E-state index in [-0.39, 0.29) is 5.91 Å². The number of benzene rings is 1. The average molecular weight is 358 g/mol. The number of carbonyl (C=O) groups excluding carboxylic acids is 1. The summed E-state index contributed by atoms with van der Waals surface area (Å²) in [4.78, 5) is 26.1. The molecular weight excluding hydrogens is 336 g/mol. The molecule has 1 aliphatic heterocycles. The second kappa shape index (κ2) is 6.83. The SMILES string of the molecule is CCc1ccccc1-c1cnc2c(c1)C(=O)N(C)c1cccnc1N2CC. The lowest BCUT2D eigenvalue weighted by molar-refractivity contribution is 0.0994. The van der Waals surface area contributed by atoms with Gasteiger partial charge in [-0.3, -0.25) is 4.79 Å². The third-order valence-electron chi connectivity index (χ3n) is 5.07. The maximum atomic E-state index is 13.2. The van der Waals surface area contributed by atoms with Crippen LogP contribution in [0.4, 0.5) is 17.3 Å². The van der Waals surface area contributed by atoms with Gasteiger partial charge in [0.15, 0.2) is 5.82 Å². The molecule has 5 heteroatoms. The normalized spacial score (nSPS) is 13.2. The Morgan fingerprint density at radius 2 is 1.78 bits per heavy atom. The Morgan fingerprint density at radius 3 is 2.56 bits per heavy atom. The molecule has 0 aliphatic carbocycles. The van der Waals surface area contributed by atoms with Gasteiger partial charge in [0, 0.05) is 31.5 Å². The first kappa shape index (κ1) is 17.2. The molecule has 0 unspecified atom stereocenters. The van der Waals surface area contributed by atoms with Gasteiger partial charge >= 0.3 is 0 Å². The summed E-state index contributed by atoms with van der Waals surface area (Å²) >= 11 is 0. The molecule has 0 saturated heterocycles. The van der Waals surface area contributed by atoms with Gasteiger partial charge in [-0.15, -0.1) is 0 Å². The zero-order valence-corrected chi connectivity index (χ0v) is 15.8. The van der Waals surface area contributed by atoms with E-state index >= 15 is 0 Å². The Balaban J connectivity index is 1.92. The highest BCUT2D eigenvalue weighted by atomic mass is 16.2. The van der Waals surface area contributed by atoms with Crippen molar-refractivity contribution in [3.05, 3.63) is 66.0 Å². The van der Waals surface area contributed by atoms with Crippen LogP contribution in [0.3, 0.4) is 0 Å². The topological polar surface area (TPSA) is 49.3 Å². The largest absolute Gasteiger partial charge is 0.309 e. The summed E-state index contributed by atoms with van der Waals surface area (Å²) in [5, 5.41) is 0. The third kappa shape index (κ3) is 2.76. The highest BCUT2D eigenvalue weighted by Crippen LogP contribution is 2.38. The van der Waals surface area contributed by atoms with Crippen molar-refractivity contribution in [1.82, 2.24) is 9.97 Å². The molecule has 3 heterocycles. The van der Waals surface area contributed by atoms with Crippen LogP contribution >= 0.6 is 0 Å². The predicted octanol–water partition coefficient (Wildman–Crippen LogP) is 4.45. The first-order valence-electron chi connectivity index (χ1n) is 9.24. The van der Waals surface area contributed by atoms with Gasteiger partial charge in [0.2, 0.25) is 0 Å². The molecule has 0 atom stereocenters. The molecule has 0 saturated carbocycles. The Labute approximate surface area is 159 Å². The van der Waals surface area contributed by atoms with Crippen LogP contribution in [0.25, 0.3) is 11.1 Å². The fourth-order valence-electron chi connectivity index (χ4n) is 3.64. The molecule has 0 N–H and O–H groups in total. The van der Waals surface area contributed by atoms with E-state index in [0.29, 0.717) is 17.9 Å². The van der Waals surface area contributed by atoms with E-state index in [0.717, 1.165) is 29.1 Å². The summed E-state index contributed by atoms with van der Waals surface area (Å²) < 4.78 is 0. The molecule has 0 bridgehead atoms. The smallest absolute Gasteiger partial charge is 0.261 e. The molecule has 3 aromatic rings. The summed E-state index contributed by atoms with van der Waals surface area (Å²) in [6.45, 7) is 4.85. The van der Waals surface area contributed by atoms with E-state index < -0.39 is 0 Å². The zero-order valence-electron chi connectivity index (χ0n) is 15.8. The highest BCUT2D eigenvalue weighted by molar-refractivity contribution is 6.13. The highest BCUT2D eigenvalue weighted by Gasteiger charge is 2.30. The summed E-state index contributed by atoms with van der Waals surface area (Å²) in [7, 11) is 1.79. The molecule has 1 amide bonds. The van der Waals surface area contributed by atoms with E-state index in [1.165, 1.54) is 5.56 Å². The Morgan fingerprint density at radius 1 is 0.963 bits per heavy atom. The second-order valence-corrected chi connectivity index (χ2v) is 6.56. The summed E-state index contributed by atoms with van der Waals surface area (Å²) in [6, 6.07) is 14.0. The Hall–Kier alpha value is -3.21. The van der Waals surface area contributed by atoms with Crippen molar-refractivity contribution in [3.63, 3.8) is 0 Å². The lowest BCUT2D eigenvalue weighted by atomic mass is 9.98. The minimum atomic E-state index is -0.0708. The number of nitrogens with zero attached hydrogens (tertiary/aromatic N) is 4. The fourth-order valence-corrected chi connectivity index (χ4v) is 3.64. The number of fused-ring (bicyclic) bond motifs is 2. The van der Waals surface area contributed by atoms with Gasteiger partial charge in [-0.2, -0.15) is 0 Å². The van der Waals surface area contributed by atoms with Crippen molar-refractivity contribution in [2.75, 3.05) is 23.4 Å². The fraction of sp³-hybridized carbons (Fsp3) is 0.227. The van der Waals surface area contributed by atoms with Crippen molar-refractivity contribution < 1.29 is 4.79 Å². The Bertz CT molecular complexity index is 1010. The summed E-state index contributed by atoms with van der Waals surface area (Å²) in [5.41, 5.74) is 4.71. The van der Waals surface area contributed by atoms with Crippen molar-refractivity contribution in [2.24, 2.45) is 0 Å². The van der Waals surface area contributed by atoms with Crippen molar-refractivity contribution >= 4 is 23.2 Å². The molecule has 1 aromatic carbocycles. The maximum absolute atomic E-state index is 13.2. The summed E-state index contributed by atoms with van der Waals surface area (Å²) in [6.07, 6.45) is 4.53. The van der Waals surface area contributed by atoms with Crippen LogP contribution in [0, 0.1) is 0 Å². The quantitative estimate of drug-likeness (QED) is 0.694. The van der Waals surface area contributed by atoms with Crippen LogP contribution in [0.5, 0.6) is 0 Å². The summed E-state index contributed by atoms with van der Waals surface area (Å²) in [5.74, 6) is 1.34. The number of aryl methyl sites for hydroxylation is 1. The van der Waals surface area contributed by atoms with Crippen molar-refractivity contribution in [1.29, 1.82) is 0 Å². The lowest BCUT2D eigenvalue weighted by Crippen LogP contribution is -2.25. The van der Waals surface area contributed by atoms with E-state index in [1.54, 1.807) is 18.1 Å². The van der Waals surface area contributed by atoms with Crippen molar-refractivity contribution in [3.8, 4) is 11.1 Å². The monoisotopic (exact) mass is 358 g/mol. The van der Waals surface area contributed by atoms with E-state index in [1.807, 2.05) is 48.4 Å². The first-order valence-corrected chi connectivity index (χ1v) is 9.24. The van der Waals surface area contributed by atoms with Gasteiger partial charge in [-0.05, 0) is 42.7 Å². The second-order valence-electron chi connectivity index (χ2n) is 6.56. The molecule has 0 fully saturated rings. The van der Waals surface area contributed by atoms with E-state index in [9.17, 15) is 4.79 Å². The molecular formula is C22H22N4O. The van der Waals surface area contributed by atoms with Gasteiger partial charge < -0.3 is 9.80 Å². The molecule has 5 nitrogen and oxygen atoms in total. The van der Waals surface area contributed by atoms with Gasteiger partial charge in [-0.25, -0.2) is 9.97 Å². The van der Waals surface area contributed by atoms with E-state index in [2.05, 4.69) is 24.0 Å². The Kier molecular flexibility index (Phi) is 4.36. The molecule has 0 radical (unpaired) electrons. The first-order chi connectivity index (χ1) is 13.2. The van der Waals surface area contributed by atoms with Crippen molar-refractivity contribution in [2.45, 2.75) is 20.3 Å². The van der Waals surface area contributed by atoms with Crippen LogP contribution in [0.2, 0.25) is 0 Å². The number of amides is 1. The number of carbonyl (C=O) groups is 1. The van der Waals surface area contributed by atoms with E-state index in [4.69, 9.17) is 4.98 Å². The maximum Gasteiger partial charge on any atom is 0.261 e. The molecule has 1 aliphatic rings. The minimum Gasteiger partial charge on any atom is -0.309 e. The number of anilines is 3. The van der Waals surface area contributed by atoms with Gasteiger partial charge in [0.25, 0.3) is 5.91 Å². The number of hydrogen-bond acceptors (Lipinski definition) is 4. The minimum absolute atomic E-state index is 0.0708. The molecule has 0 spiro atoms. The van der Waals surface area contributed by atoms with Crippen LogP contribution < -0.4 is 9.80 Å². The third-order valence-corrected chi connectivity index (χ3v) is 5.07. The molecule has 136 valence electrons. The van der Waals surface area contributed by atoms with Crippen LogP contribution in [-0.4, -0.2) is 29.5 Å². The van der Waals surface area contributed by atoms with Crippen LogP contribution in [0.1, 0.15) is 29.8 Å². The van der Waals surface area contributed by atoms with Crippen LogP contribution in [0.15, 0.2) is 54.9 Å². The number of aromatic nitrogens is 2. The van der Waals surface area contributed by atoms with Gasteiger partial charge in [-0.1, -0.05) is 31.2 Å². The number of pyridine rings is 2. The molecule has 27 heavy (non-hydrogen) atoms. The average Bonchev–Trinajstić information content (AvgIpc) is 2.81.